The van der Waals surface area contributed by atoms with Crippen LogP contribution in [0.1, 0.15) is 32.4 Å². The fourth-order valence-electron chi connectivity index (χ4n) is 1.70. The molecule has 114 valence electrons. The molecular formula is C14H24N2O3S. The summed E-state index contributed by atoms with van der Waals surface area (Å²) in [5.74, 6) is 0.219. The highest BCUT2D eigenvalue weighted by atomic mass is 32.2. The van der Waals surface area contributed by atoms with E-state index >= 15 is 0 Å². The summed E-state index contributed by atoms with van der Waals surface area (Å²) in [4.78, 5) is 0. The Kier molecular flexibility index (Phi) is 5.98. The van der Waals surface area contributed by atoms with Crippen LogP contribution in [-0.2, 0) is 10.0 Å². The van der Waals surface area contributed by atoms with Crippen molar-refractivity contribution >= 4 is 15.7 Å². The molecule has 0 heterocycles. The van der Waals surface area contributed by atoms with Gasteiger partial charge in [0.15, 0.2) is 0 Å². The van der Waals surface area contributed by atoms with E-state index in [0.717, 1.165) is 11.8 Å². The van der Waals surface area contributed by atoms with Crippen molar-refractivity contribution in [1.29, 1.82) is 0 Å². The third-order valence-corrected chi connectivity index (χ3v) is 3.72. The predicted molar refractivity (Wildman–Crippen MR) is 82.2 cm³/mol. The molecule has 1 aromatic rings. The van der Waals surface area contributed by atoms with Gasteiger partial charge in [-0.15, -0.1) is 0 Å². The molecule has 0 aliphatic rings. The number of hydrogen-bond acceptors (Lipinski definition) is 4. The Bertz CT molecular complexity index is 512. The van der Waals surface area contributed by atoms with Crippen molar-refractivity contribution in [2.75, 3.05) is 17.5 Å². The van der Waals surface area contributed by atoms with Gasteiger partial charge in [-0.05, 0) is 30.5 Å². The summed E-state index contributed by atoms with van der Waals surface area (Å²) in [6.45, 7) is 6.49. The Balaban J connectivity index is 2.59. The number of aliphatic hydroxyl groups excluding tert-OH is 1. The lowest BCUT2D eigenvalue weighted by Crippen LogP contribution is -2.32. The molecule has 2 atom stereocenters. The van der Waals surface area contributed by atoms with Crippen LogP contribution in [0.25, 0.3) is 0 Å². The third kappa shape index (κ3) is 5.90. The van der Waals surface area contributed by atoms with E-state index in [1.807, 2.05) is 32.9 Å². The first-order valence-corrected chi connectivity index (χ1v) is 8.57. The first kappa shape index (κ1) is 16.9. The van der Waals surface area contributed by atoms with Gasteiger partial charge in [0.05, 0.1) is 12.4 Å². The molecule has 3 N–H and O–H groups in total. The Morgan fingerprint density at radius 3 is 2.15 bits per heavy atom. The van der Waals surface area contributed by atoms with Crippen LogP contribution in [0.5, 0.6) is 0 Å². The molecule has 0 aliphatic carbocycles. The van der Waals surface area contributed by atoms with Gasteiger partial charge < -0.3 is 10.4 Å². The van der Waals surface area contributed by atoms with E-state index < -0.39 is 10.0 Å². The molecule has 0 bridgehead atoms. The SMILES string of the molecule is CC(NCC(O)C(C)C)c1ccc(NS(C)(=O)=O)cc1. The highest BCUT2D eigenvalue weighted by molar-refractivity contribution is 7.92. The molecule has 0 spiro atoms. The molecule has 0 aliphatic heterocycles. The average molecular weight is 300 g/mol. The number of anilines is 1. The molecular weight excluding hydrogens is 276 g/mol. The molecule has 6 heteroatoms. The molecule has 0 radical (unpaired) electrons. The van der Waals surface area contributed by atoms with Crippen LogP contribution in [0.2, 0.25) is 0 Å². The predicted octanol–water partition coefficient (Wildman–Crippen LogP) is 1.73. The number of rotatable bonds is 7. The van der Waals surface area contributed by atoms with Crippen LogP contribution in [-0.4, -0.2) is 32.4 Å². The largest absolute Gasteiger partial charge is 0.392 e. The Labute approximate surface area is 121 Å². The zero-order valence-electron chi connectivity index (χ0n) is 12.4. The summed E-state index contributed by atoms with van der Waals surface area (Å²) in [5.41, 5.74) is 1.59. The normalized spacial score (nSPS) is 15.1. The van der Waals surface area contributed by atoms with E-state index in [1.165, 1.54) is 0 Å². The first-order chi connectivity index (χ1) is 9.19. The maximum Gasteiger partial charge on any atom is 0.229 e. The van der Waals surface area contributed by atoms with Crippen LogP contribution in [0.4, 0.5) is 5.69 Å². The lowest BCUT2D eigenvalue weighted by molar-refractivity contribution is 0.120. The minimum atomic E-state index is -3.24. The second-order valence-electron chi connectivity index (χ2n) is 5.44. The highest BCUT2D eigenvalue weighted by Crippen LogP contribution is 2.17. The molecule has 0 saturated carbocycles. The lowest BCUT2D eigenvalue weighted by atomic mass is 10.1. The van der Waals surface area contributed by atoms with Gasteiger partial charge in [-0.25, -0.2) is 8.42 Å². The summed E-state index contributed by atoms with van der Waals surface area (Å²) in [6.07, 6.45) is 0.752. The zero-order valence-corrected chi connectivity index (χ0v) is 13.2. The molecule has 2 unspecified atom stereocenters. The van der Waals surface area contributed by atoms with Gasteiger partial charge in [0.25, 0.3) is 0 Å². The summed E-state index contributed by atoms with van der Waals surface area (Å²) in [7, 11) is -3.24. The molecule has 0 aromatic heterocycles. The number of aliphatic hydroxyl groups is 1. The van der Waals surface area contributed by atoms with E-state index in [2.05, 4.69) is 10.0 Å². The van der Waals surface area contributed by atoms with Crippen LogP contribution in [0.15, 0.2) is 24.3 Å². The monoisotopic (exact) mass is 300 g/mol. The minimum Gasteiger partial charge on any atom is -0.392 e. The Morgan fingerprint density at radius 2 is 1.70 bits per heavy atom. The fraction of sp³-hybridized carbons (Fsp3) is 0.571. The number of benzene rings is 1. The van der Waals surface area contributed by atoms with Crippen LogP contribution in [0.3, 0.4) is 0 Å². The number of nitrogens with one attached hydrogen (secondary N) is 2. The van der Waals surface area contributed by atoms with Crippen LogP contribution < -0.4 is 10.0 Å². The van der Waals surface area contributed by atoms with Gasteiger partial charge in [-0.3, -0.25) is 4.72 Å². The molecule has 1 aromatic carbocycles. The molecule has 5 nitrogen and oxygen atoms in total. The number of hydrogen-bond donors (Lipinski definition) is 3. The van der Waals surface area contributed by atoms with Gasteiger partial charge in [-0.2, -0.15) is 0 Å². The summed E-state index contributed by atoms with van der Waals surface area (Å²) in [5, 5.41) is 13.0. The van der Waals surface area contributed by atoms with E-state index in [-0.39, 0.29) is 18.1 Å². The second kappa shape index (κ2) is 7.06. The van der Waals surface area contributed by atoms with Gasteiger partial charge in [0.1, 0.15) is 0 Å². The van der Waals surface area contributed by atoms with E-state index in [0.29, 0.717) is 12.2 Å². The van der Waals surface area contributed by atoms with Gasteiger partial charge in [0, 0.05) is 18.3 Å². The molecule has 0 saturated heterocycles. The lowest BCUT2D eigenvalue weighted by Gasteiger charge is -2.20. The highest BCUT2D eigenvalue weighted by Gasteiger charge is 2.11. The van der Waals surface area contributed by atoms with Crippen molar-refractivity contribution in [2.45, 2.75) is 32.9 Å². The van der Waals surface area contributed by atoms with E-state index in [1.54, 1.807) is 12.1 Å². The minimum absolute atomic E-state index is 0.0932. The maximum absolute atomic E-state index is 11.1. The quantitative estimate of drug-likeness (QED) is 0.716. The Hall–Kier alpha value is -1.11. The average Bonchev–Trinajstić information content (AvgIpc) is 2.34. The Morgan fingerprint density at radius 1 is 1.15 bits per heavy atom. The van der Waals surface area contributed by atoms with Crippen molar-refractivity contribution in [1.82, 2.24) is 5.32 Å². The molecule has 20 heavy (non-hydrogen) atoms. The van der Waals surface area contributed by atoms with E-state index in [9.17, 15) is 13.5 Å². The van der Waals surface area contributed by atoms with Crippen molar-refractivity contribution < 1.29 is 13.5 Å². The van der Waals surface area contributed by atoms with Crippen molar-refractivity contribution in [3.05, 3.63) is 29.8 Å². The van der Waals surface area contributed by atoms with Gasteiger partial charge >= 0.3 is 0 Å². The molecule has 1 rings (SSSR count). The summed E-state index contributed by atoms with van der Waals surface area (Å²) >= 11 is 0. The standard InChI is InChI=1S/C14H24N2O3S/c1-10(2)14(17)9-15-11(3)12-5-7-13(8-6-12)16-20(4,18)19/h5-8,10-11,14-17H,9H2,1-4H3. The zero-order chi connectivity index (χ0) is 15.3. The van der Waals surface area contributed by atoms with Gasteiger partial charge in [-0.1, -0.05) is 26.0 Å². The maximum atomic E-state index is 11.1. The van der Waals surface area contributed by atoms with Crippen LogP contribution >= 0.6 is 0 Å². The van der Waals surface area contributed by atoms with Crippen LogP contribution in [0, 0.1) is 5.92 Å². The topological polar surface area (TPSA) is 78.4 Å². The smallest absolute Gasteiger partial charge is 0.229 e. The molecule has 0 fully saturated rings. The van der Waals surface area contributed by atoms with Crippen molar-refractivity contribution in [2.24, 2.45) is 5.92 Å². The van der Waals surface area contributed by atoms with Crippen molar-refractivity contribution in [3.63, 3.8) is 0 Å². The summed E-state index contributed by atoms with van der Waals surface area (Å²) in [6, 6.07) is 7.29. The second-order valence-corrected chi connectivity index (χ2v) is 7.19. The van der Waals surface area contributed by atoms with Crippen molar-refractivity contribution in [3.8, 4) is 0 Å². The van der Waals surface area contributed by atoms with E-state index in [4.69, 9.17) is 0 Å². The van der Waals surface area contributed by atoms with Gasteiger partial charge in [0.2, 0.25) is 10.0 Å². The molecule has 0 amide bonds. The summed E-state index contributed by atoms with van der Waals surface area (Å²) < 4.78 is 24.6. The third-order valence-electron chi connectivity index (χ3n) is 3.12. The fourth-order valence-corrected chi connectivity index (χ4v) is 2.27. The first-order valence-electron chi connectivity index (χ1n) is 6.68. The number of sulfonamides is 1.